The van der Waals surface area contributed by atoms with Crippen molar-refractivity contribution in [2.45, 2.75) is 78.8 Å². The Bertz CT molecular complexity index is 321. The molecule has 2 fully saturated rings. The minimum Gasteiger partial charge on any atom is -0.294 e. The molecule has 2 rings (SSSR count). The first kappa shape index (κ1) is 23.5. The third-order valence-electron chi connectivity index (χ3n) is 6.51. The van der Waals surface area contributed by atoms with Gasteiger partial charge >= 0.3 is 0 Å². The summed E-state index contributed by atoms with van der Waals surface area (Å²) >= 11 is 0. The van der Waals surface area contributed by atoms with Crippen LogP contribution in [-0.4, -0.2) is 43.2 Å². The fourth-order valence-electron chi connectivity index (χ4n) is 4.84. The number of likely N-dealkylation sites (tertiary alicyclic amines) is 1. The summed E-state index contributed by atoms with van der Waals surface area (Å²) in [7, 11) is 4.46. The van der Waals surface area contributed by atoms with E-state index in [1.165, 1.54) is 58.0 Å². The molecule has 1 aliphatic carbocycles. The van der Waals surface area contributed by atoms with Gasteiger partial charge in [0.05, 0.1) is 6.17 Å². The molecule has 0 N–H and O–H groups in total. The zero-order valence-electron chi connectivity index (χ0n) is 16.2. The highest BCUT2D eigenvalue weighted by Crippen LogP contribution is 2.50. The Hall–Kier alpha value is 0.500. The van der Waals surface area contributed by atoms with Gasteiger partial charge in [-0.1, -0.05) is 27.7 Å². The number of rotatable bonds is 3. The fraction of sp³-hybridized carbons (Fsp3) is 1.00. The van der Waals surface area contributed by atoms with Crippen LogP contribution in [-0.2, 0) is 0 Å². The molecule has 1 spiro atoms. The minimum atomic E-state index is 0. The first-order valence-electron chi connectivity index (χ1n) is 9.18. The standard InChI is InChI=1S/C19H38N2.2ClH/c1-7-17(20(5)6)21-14-12-19(13-15-21)10-8-16(9-11-19)18(2,3)4;;/h16-17H,7-15H2,1-6H3;2*1H. The molecule has 1 aliphatic heterocycles. The molecule has 0 aromatic rings. The van der Waals surface area contributed by atoms with E-state index >= 15 is 0 Å². The highest BCUT2D eigenvalue weighted by molar-refractivity contribution is 5.85. The summed E-state index contributed by atoms with van der Waals surface area (Å²) in [6.45, 7) is 12.3. The molecule has 4 heteroatoms. The zero-order valence-corrected chi connectivity index (χ0v) is 17.9. The van der Waals surface area contributed by atoms with E-state index in [4.69, 9.17) is 0 Å². The first-order chi connectivity index (χ1) is 9.77. The zero-order chi connectivity index (χ0) is 15.7. The quantitative estimate of drug-likeness (QED) is 0.655. The van der Waals surface area contributed by atoms with E-state index in [0.717, 1.165) is 5.92 Å². The van der Waals surface area contributed by atoms with Crippen molar-refractivity contribution < 1.29 is 0 Å². The second-order valence-corrected chi connectivity index (χ2v) is 9.03. The van der Waals surface area contributed by atoms with Gasteiger partial charge in [-0.05, 0) is 75.8 Å². The van der Waals surface area contributed by atoms with Crippen LogP contribution < -0.4 is 0 Å². The Kier molecular flexibility index (Phi) is 9.47. The molecule has 1 unspecified atom stereocenters. The lowest BCUT2D eigenvalue weighted by molar-refractivity contribution is -0.0143. The second kappa shape index (κ2) is 9.27. The lowest BCUT2D eigenvalue weighted by atomic mass is 9.61. The number of halogens is 2. The summed E-state index contributed by atoms with van der Waals surface area (Å²) in [6.07, 6.45) is 10.7. The Labute approximate surface area is 157 Å². The Balaban J connectivity index is 0.00000242. The highest BCUT2D eigenvalue weighted by atomic mass is 35.5. The van der Waals surface area contributed by atoms with Crippen molar-refractivity contribution in [2.75, 3.05) is 27.2 Å². The van der Waals surface area contributed by atoms with Crippen molar-refractivity contribution in [2.24, 2.45) is 16.7 Å². The van der Waals surface area contributed by atoms with Gasteiger partial charge in [-0.3, -0.25) is 9.80 Å². The molecule has 1 saturated heterocycles. The summed E-state index contributed by atoms with van der Waals surface area (Å²) in [6, 6.07) is 0. The lowest BCUT2D eigenvalue weighted by Crippen LogP contribution is -2.51. The molecule has 1 heterocycles. The molecule has 1 atom stereocenters. The van der Waals surface area contributed by atoms with Crippen LogP contribution in [0, 0.1) is 16.7 Å². The number of piperidine rings is 1. The van der Waals surface area contributed by atoms with Gasteiger partial charge in [0, 0.05) is 13.1 Å². The van der Waals surface area contributed by atoms with Gasteiger partial charge < -0.3 is 0 Å². The molecule has 0 radical (unpaired) electrons. The van der Waals surface area contributed by atoms with E-state index in [1.54, 1.807) is 0 Å². The van der Waals surface area contributed by atoms with Crippen LogP contribution in [0.1, 0.15) is 72.6 Å². The van der Waals surface area contributed by atoms with Crippen LogP contribution in [0.15, 0.2) is 0 Å². The SMILES string of the molecule is CCC(N(C)C)N1CCC2(CCC(C(C)(C)C)CC2)CC1.Cl.Cl. The average Bonchev–Trinajstić information content (AvgIpc) is 2.41. The van der Waals surface area contributed by atoms with E-state index in [0.29, 0.717) is 17.0 Å². The molecule has 0 bridgehead atoms. The number of nitrogens with zero attached hydrogens (tertiary/aromatic N) is 2. The maximum absolute atomic E-state index is 2.72. The third-order valence-corrected chi connectivity index (χ3v) is 6.51. The Morgan fingerprint density at radius 2 is 1.48 bits per heavy atom. The largest absolute Gasteiger partial charge is 0.294 e. The minimum absolute atomic E-state index is 0. The smallest absolute Gasteiger partial charge is 0.0614 e. The van der Waals surface area contributed by atoms with Crippen LogP contribution in [0.3, 0.4) is 0 Å². The summed E-state index contributed by atoms with van der Waals surface area (Å²) in [4.78, 5) is 5.12. The third kappa shape index (κ3) is 5.76. The monoisotopic (exact) mass is 366 g/mol. The summed E-state index contributed by atoms with van der Waals surface area (Å²) in [5.41, 5.74) is 1.21. The average molecular weight is 367 g/mol. The van der Waals surface area contributed by atoms with E-state index in [1.807, 2.05) is 0 Å². The normalized spacial score (nSPS) is 24.1. The van der Waals surface area contributed by atoms with Crippen molar-refractivity contribution in [1.29, 1.82) is 0 Å². The van der Waals surface area contributed by atoms with Crippen LogP contribution >= 0.6 is 24.8 Å². The molecule has 0 amide bonds. The maximum Gasteiger partial charge on any atom is 0.0614 e. The van der Waals surface area contributed by atoms with Crippen molar-refractivity contribution in [3.8, 4) is 0 Å². The molecule has 2 aliphatic rings. The first-order valence-corrected chi connectivity index (χ1v) is 9.18. The van der Waals surface area contributed by atoms with Crippen LogP contribution in [0.2, 0.25) is 0 Å². The van der Waals surface area contributed by atoms with E-state index in [9.17, 15) is 0 Å². The molecule has 2 nitrogen and oxygen atoms in total. The molecule has 0 aromatic carbocycles. The predicted molar refractivity (Wildman–Crippen MR) is 107 cm³/mol. The lowest BCUT2D eigenvalue weighted by Gasteiger charge is -2.50. The van der Waals surface area contributed by atoms with Crippen LogP contribution in [0.25, 0.3) is 0 Å². The molecule has 140 valence electrons. The summed E-state index contributed by atoms with van der Waals surface area (Å²) < 4.78 is 0. The predicted octanol–water partition coefficient (Wildman–Crippen LogP) is 5.45. The van der Waals surface area contributed by atoms with Crippen LogP contribution in [0.5, 0.6) is 0 Å². The van der Waals surface area contributed by atoms with E-state index in [2.05, 4.69) is 51.6 Å². The van der Waals surface area contributed by atoms with Crippen molar-refractivity contribution in [1.82, 2.24) is 9.80 Å². The van der Waals surface area contributed by atoms with Gasteiger partial charge in [-0.2, -0.15) is 0 Å². The molecular formula is C19H40Cl2N2. The summed E-state index contributed by atoms with van der Waals surface area (Å²) in [5.74, 6) is 0.950. The van der Waals surface area contributed by atoms with Gasteiger partial charge in [0.1, 0.15) is 0 Å². The van der Waals surface area contributed by atoms with E-state index in [-0.39, 0.29) is 24.8 Å². The molecule has 1 saturated carbocycles. The number of hydrogen-bond donors (Lipinski definition) is 0. The van der Waals surface area contributed by atoms with Crippen LogP contribution in [0.4, 0.5) is 0 Å². The highest BCUT2D eigenvalue weighted by Gasteiger charge is 2.41. The maximum atomic E-state index is 2.72. The Morgan fingerprint density at radius 1 is 1.00 bits per heavy atom. The fourth-order valence-corrected chi connectivity index (χ4v) is 4.84. The van der Waals surface area contributed by atoms with Gasteiger partial charge in [0.2, 0.25) is 0 Å². The van der Waals surface area contributed by atoms with Gasteiger partial charge in [0.15, 0.2) is 0 Å². The van der Waals surface area contributed by atoms with Gasteiger partial charge in [-0.25, -0.2) is 0 Å². The molecule has 23 heavy (non-hydrogen) atoms. The second-order valence-electron chi connectivity index (χ2n) is 9.03. The van der Waals surface area contributed by atoms with Crippen molar-refractivity contribution in [3.05, 3.63) is 0 Å². The topological polar surface area (TPSA) is 6.48 Å². The van der Waals surface area contributed by atoms with E-state index < -0.39 is 0 Å². The molecule has 0 aromatic heterocycles. The summed E-state index contributed by atoms with van der Waals surface area (Å²) in [5, 5.41) is 0. The molecular weight excluding hydrogens is 327 g/mol. The van der Waals surface area contributed by atoms with Crippen molar-refractivity contribution in [3.63, 3.8) is 0 Å². The van der Waals surface area contributed by atoms with Gasteiger partial charge in [-0.15, -0.1) is 24.8 Å². The number of hydrogen-bond acceptors (Lipinski definition) is 2. The van der Waals surface area contributed by atoms with Gasteiger partial charge in [0.25, 0.3) is 0 Å². The Morgan fingerprint density at radius 3 is 1.83 bits per heavy atom. The van der Waals surface area contributed by atoms with Crippen molar-refractivity contribution >= 4 is 24.8 Å².